The Labute approximate surface area is 154 Å². The highest BCUT2D eigenvalue weighted by molar-refractivity contribution is 7.09. The van der Waals surface area contributed by atoms with Gasteiger partial charge in [0.05, 0.1) is 13.1 Å². The van der Waals surface area contributed by atoms with Crippen LogP contribution in [0.1, 0.15) is 28.6 Å². The van der Waals surface area contributed by atoms with Gasteiger partial charge in [0.2, 0.25) is 6.17 Å². The molecule has 2 N–H and O–H groups in total. The minimum atomic E-state index is 0.536. The van der Waals surface area contributed by atoms with Crippen LogP contribution in [0.15, 0.2) is 78.2 Å². The van der Waals surface area contributed by atoms with Crippen molar-refractivity contribution >= 4 is 11.3 Å². The Morgan fingerprint density at radius 1 is 0.720 bits per heavy atom. The van der Waals surface area contributed by atoms with Gasteiger partial charge in [-0.1, -0.05) is 66.7 Å². The average Bonchev–Trinajstić information content (AvgIpc) is 3.18. The van der Waals surface area contributed by atoms with Gasteiger partial charge >= 0.3 is 0 Å². The molecule has 128 valence electrons. The Hall–Kier alpha value is -1.94. The largest absolute Gasteiger partial charge is 0.277 e. The van der Waals surface area contributed by atoms with E-state index in [2.05, 4.69) is 78.2 Å². The van der Waals surface area contributed by atoms with Gasteiger partial charge < -0.3 is 0 Å². The normalized spacial score (nSPS) is 23.4. The molecule has 0 saturated carbocycles. The molecule has 1 aliphatic rings. The number of nitrogens with one attached hydrogen (secondary N) is 2. The van der Waals surface area contributed by atoms with Crippen LogP contribution in [0, 0.1) is 0 Å². The highest BCUT2D eigenvalue weighted by Gasteiger charge is 2.38. The third-order valence-electron chi connectivity index (χ3n) is 5.19. The summed E-state index contributed by atoms with van der Waals surface area (Å²) < 4.78 is 0. The molecule has 2 aromatic carbocycles. The lowest BCUT2D eigenvalue weighted by Gasteiger charge is -2.37. The van der Waals surface area contributed by atoms with Crippen LogP contribution in [0.25, 0.3) is 0 Å². The fourth-order valence-corrected chi connectivity index (χ4v) is 5.02. The molecular formula is C22H26N2S+2. The second kappa shape index (κ2) is 7.96. The third kappa shape index (κ3) is 4.01. The molecule has 0 radical (unpaired) electrons. The topological polar surface area (TPSA) is 8.88 Å². The van der Waals surface area contributed by atoms with Gasteiger partial charge in [-0.2, -0.15) is 0 Å². The molecule has 1 fully saturated rings. The molecule has 3 aromatic rings. The van der Waals surface area contributed by atoms with Crippen LogP contribution in [0.5, 0.6) is 0 Å². The minimum Gasteiger partial charge on any atom is -0.277 e. The molecule has 1 aliphatic heterocycles. The molecule has 4 rings (SSSR count). The van der Waals surface area contributed by atoms with E-state index in [9.17, 15) is 0 Å². The zero-order chi connectivity index (χ0) is 16.9. The molecule has 1 saturated heterocycles. The lowest BCUT2D eigenvalue weighted by molar-refractivity contribution is -1.16. The van der Waals surface area contributed by atoms with Crippen LogP contribution >= 0.6 is 11.3 Å². The first kappa shape index (κ1) is 16.5. The molecule has 0 aliphatic carbocycles. The van der Waals surface area contributed by atoms with E-state index in [1.165, 1.54) is 35.5 Å². The molecule has 2 unspecified atom stereocenters. The van der Waals surface area contributed by atoms with E-state index in [1.54, 1.807) is 9.80 Å². The Morgan fingerprint density at radius 2 is 1.28 bits per heavy atom. The molecule has 2 heterocycles. The Balaban J connectivity index is 1.59. The van der Waals surface area contributed by atoms with Crippen LogP contribution in [0.2, 0.25) is 0 Å². The number of thiophene rings is 1. The van der Waals surface area contributed by atoms with E-state index in [-0.39, 0.29) is 0 Å². The zero-order valence-electron chi connectivity index (χ0n) is 14.5. The molecule has 2 nitrogen and oxygen atoms in total. The Kier molecular flexibility index (Phi) is 5.26. The van der Waals surface area contributed by atoms with Crippen molar-refractivity contribution in [2.75, 3.05) is 13.1 Å². The van der Waals surface area contributed by atoms with Crippen molar-refractivity contribution in [2.45, 2.75) is 25.7 Å². The highest BCUT2D eigenvalue weighted by atomic mass is 32.1. The maximum Gasteiger partial charge on any atom is 0.250 e. The van der Waals surface area contributed by atoms with Gasteiger partial charge in [-0.05, 0) is 11.4 Å². The quantitative estimate of drug-likeness (QED) is 0.699. The smallest absolute Gasteiger partial charge is 0.250 e. The van der Waals surface area contributed by atoms with E-state index in [4.69, 9.17) is 0 Å². The van der Waals surface area contributed by atoms with Crippen molar-refractivity contribution in [2.24, 2.45) is 0 Å². The van der Waals surface area contributed by atoms with Crippen LogP contribution in [0.3, 0.4) is 0 Å². The second-order valence-corrected chi connectivity index (χ2v) is 7.92. The summed E-state index contributed by atoms with van der Waals surface area (Å²) >= 11 is 1.92. The molecule has 0 amide bonds. The second-order valence-electron chi connectivity index (χ2n) is 6.94. The molecule has 1 aromatic heterocycles. The van der Waals surface area contributed by atoms with Crippen molar-refractivity contribution in [3.05, 3.63) is 94.2 Å². The predicted octanol–water partition coefficient (Wildman–Crippen LogP) is 2.32. The van der Waals surface area contributed by atoms with Crippen LogP contribution < -0.4 is 9.80 Å². The van der Waals surface area contributed by atoms with Crippen LogP contribution in [0.4, 0.5) is 0 Å². The van der Waals surface area contributed by atoms with Gasteiger partial charge in [0, 0.05) is 17.5 Å². The molecule has 0 spiro atoms. The number of hydrogen-bond donors (Lipinski definition) is 2. The summed E-state index contributed by atoms with van der Waals surface area (Å²) in [5.41, 5.74) is 2.89. The van der Waals surface area contributed by atoms with Gasteiger partial charge in [-0.15, -0.1) is 11.3 Å². The van der Waals surface area contributed by atoms with Gasteiger partial charge in [-0.25, -0.2) is 0 Å². The fourth-order valence-electron chi connectivity index (χ4n) is 4.07. The van der Waals surface area contributed by atoms with Crippen molar-refractivity contribution in [1.82, 2.24) is 0 Å². The number of rotatable bonds is 5. The minimum absolute atomic E-state index is 0.536. The molecule has 25 heavy (non-hydrogen) atoms. The van der Waals surface area contributed by atoms with Crippen LogP contribution in [-0.2, 0) is 13.1 Å². The first-order valence-corrected chi connectivity index (χ1v) is 10.1. The van der Waals surface area contributed by atoms with E-state index in [1.807, 2.05) is 11.3 Å². The van der Waals surface area contributed by atoms with Gasteiger partial charge in [0.1, 0.15) is 18.0 Å². The standard InChI is InChI=1S/C22H24N2S/c1-3-9-19(10-4-1)17-23-14-8-15-24(18-20-11-5-2-6-12-20)22(23)21-13-7-16-25-21/h1-7,9-13,16,22H,8,14-15,17-18H2/p+2. The predicted molar refractivity (Wildman–Crippen MR) is 104 cm³/mol. The molecule has 2 atom stereocenters. The Morgan fingerprint density at radius 3 is 1.76 bits per heavy atom. The monoisotopic (exact) mass is 350 g/mol. The summed E-state index contributed by atoms with van der Waals surface area (Å²) in [6, 6.07) is 26.5. The summed E-state index contributed by atoms with van der Waals surface area (Å²) in [7, 11) is 0. The lowest BCUT2D eigenvalue weighted by Crippen LogP contribution is -3.32. The van der Waals surface area contributed by atoms with E-state index in [0.717, 1.165) is 13.1 Å². The first-order chi connectivity index (χ1) is 12.4. The van der Waals surface area contributed by atoms with E-state index >= 15 is 0 Å². The van der Waals surface area contributed by atoms with E-state index < -0.39 is 0 Å². The summed E-state index contributed by atoms with van der Waals surface area (Å²) in [6.07, 6.45) is 1.83. The maximum absolute atomic E-state index is 2.33. The van der Waals surface area contributed by atoms with Crippen molar-refractivity contribution in [3.8, 4) is 0 Å². The lowest BCUT2D eigenvalue weighted by atomic mass is 10.1. The first-order valence-electron chi connectivity index (χ1n) is 9.20. The Bertz CT molecular complexity index is 706. The van der Waals surface area contributed by atoms with Crippen molar-refractivity contribution in [1.29, 1.82) is 0 Å². The summed E-state index contributed by atoms with van der Waals surface area (Å²) in [5.74, 6) is 0. The maximum atomic E-state index is 2.33. The van der Waals surface area contributed by atoms with Gasteiger partial charge in [-0.3, -0.25) is 9.80 Å². The summed E-state index contributed by atoms with van der Waals surface area (Å²) in [4.78, 5) is 4.92. The summed E-state index contributed by atoms with van der Waals surface area (Å²) in [6.45, 7) is 4.74. The van der Waals surface area contributed by atoms with Gasteiger partial charge in [0.15, 0.2) is 0 Å². The fraction of sp³-hybridized carbons (Fsp3) is 0.273. The molecule has 0 bridgehead atoms. The number of benzene rings is 2. The highest BCUT2D eigenvalue weighted by Crippen LogP contribution is 2.14. The molecular weight excluding hydrogens is 324 g/mol. The SMILES string of the molecule is c1ccc(C[NH+]2CCC[NH+](Cc3ccccc3)C2c2cccs2)cc1. The van der Waals surface area contributed by atoms with Crippen LogP contribution in [-0.4, -0.2) is 13.1 Å². The van der Waals surface area contributed by atoms with E-state index in [0.29, 0.717) is 6.17 Å². The summed E-state index contributed by atoms with van der Waals surface area (Å²) in [5, 5.41) is 2.23. The third-order valence-corrected chi connectivity index (χ3v) is 6.13. The van der Waals surface area contributed by atoms with Crippen molar-refractivity contribution in [3.63, 3.8) is 0 Å². The van der Waals surface area contributed by atoms with Crippen molar-refractivity contribution < 1.29 is 9.80 Å². The van der Waals surface area contributed by atoms with Gasteiger partial charge in [0.25, 0.3) is 0 Å². The number of hydrogen-bond acceptors (Lipinski definition) is 1. The molecule has 3 heteroatoms. The average molecular weight is 351 g/mol. The zero-order valence-corrected chi connectivity index (χ0v) is 15.3. The number of quaternary nitrogens is 2.